The van der Waals surface area contributed by atoms with Crippen molar-refractivity contribution in [2.75, 3.05) is 0 Å². The molecule has 0 amide bonds. The van der Waals surface area contributed by atoms with E-state index in [0.717, 1.165) is 29.6 Å². The van der Waals surface area contributed by atoms with E-state index in [1.165, 1.54) is 0 Å². The molecule has 14 heavy (non-hydrogen) atoms. The van der Waals surface area contributed by atoms with E-state index in [0.29, 0.717) is 0 Å². The van der Waals surface area contributed by atoms with E-state index < -0.39 is 8.89 Å². The maximum absolute atomic E-state index is 7.11. The van der Waals surface area contributed by atoms with Crippen molar-refractivity contribution < 1.29 is 8.89 Å². The van der Waals surface area contributed by atoms with E-state index in [9.17, 15) is 0 Å². The quantitative estimate of drug-likeness (QED) is 0.468. The van der Waals surface area contributed by atoms with E-state index >= 15 is 0 Å². The summed E-state index contributed by atoms with van der Waals surface area (Å²) in [6.45, 7) is 0. The van der Waals surface area contributed by atoms with Crippen LogP contribution in [0, 0.1) is 0 Å². The third-order valence-corrected chi connectivity index (χ3v) is 93.5. The molecule has 0 nitrogen and oxygen atoms in total. The molecule has 4 atom stereocenters. The molecule has 10 heterocycles. The summed E-state index contributed by atoms with van der Waals surface area (Å²) in [5, 5.41) is 0. The summed E-state index contributed by atoms with van der Waals surface area (Å²) >= 11 is 21.3. The standard InChI is InChI=1S/C5H2Cl3.C5H5.Ti/c6-3-1-2-4(7)5(3)8;1-2-4-5-3-1;/h1-2H;1-5H;. The van der Waals surface area contributed by atoms with Crippen LogP contribution in [0.1, 0.15) is 0 Å². The van der Waals surface area contributed by atoms with Crippen LogP contribution in [0.15, 0.2) is 0 Å². The van der Waals surface area contributed by atoms with Crippen molar-refractivity contribution in [1.82, 2.24) is 0 Å². The second kappa shape index (κ2) is 0.367. The third kappa shape index (κ3) is 0.0366. The first-order valence-electron chi connectivity index (χ1n) is 6.42. The van der Waals surface area contributed by atoms with Gasteiger partial charge >= 0.3 is 82.8 Å². The zero-order chi connectivity index (χ0) is 8.86. The van der Waals surface area contributed by atoms with Gasteiger partial charge in [-0.15, -0.1) is 0 Å². The molecule has 1 spiro atoms. The van der Waals surface area contributed by atoms with Gasteiger partial charge in [-0.25, -0.2) is 0 Å². The Morgan fingerprint density at radius 1 is 0.714 bits per heavy atom. The van der Waals surface area contributed by atoms with Crippen LogP contribution in [0.25, 0.3) is 0 Å². The number of halogens is 3. The SMILES string of the molecule is Cl[C]12[CH]3[CH]4[C]5(Cl)[C]1(Cl)[Ti]34251678[CH]2[CH]1[CH]6[CH]7[CH]28. The van der Waals surface area contributed by atoms with Crippen LogP contribution in [-0.4, -0.2) is 9.54 Å². The van der Waals surface area contributed by atoms with E-state index in [4.69, 9.17) is 34.8 Å². The van der Waals surface area contributed by atoms with Crippen molar-refractivity contribution >= 4 is 34.8 Å². The van der Waals surface area contributed by atoms with Crippen molar-refractivity contribution in [3.8, 4) is 0 Å². The predicted molar refractivity (Wildman–Crippen MR) is 52.0 cm³/mol. The molecular formula is C10H7Cl3Ti. The van der Waals surface area contributed by atoms with E-state index in [1.54, 1.807) is 0 Å². The number of rotatable bonds is 0. The summed E-state index contributed by atoms with van der Waals surface area (Å²) < 4.78 is 8.16. The Kier molecular flexibility index (Phi) is 0.144. The molecule has 10 fully saturated rings. The van der Waals surface area contributed by atoms with E-state index in [1.807, 2.05) is 0 Å². The van der Waals surface area contributed by atoms with Crippen molar-refractivity contribution in [2.45, 2.75) is 39.1 Å². The fourth-order valence-electron chi connectivity index (χ4n) is 23.3. The van der Waals surface area contributed by atoms with Gasteiger partial charge in [-0.3, -0.25) is 0 Å². The average molecular weight is 281 g/mol. The molecule has 10 rings (SSSR count). The second-order valence-corrected chi connectivity index (χ2v) is 48.2. The van der Waals surface area contributed by atoms with Gasteiger partial charge in [-0.1, -0.05) is 0 Å². The number of fused-ring (bicyclic) bond motifs is 10. The van der Waals surface area contributed by atoms with E-state index in [2.05, 4.69) is 0 Å². The van der Waals surface area contributed by atoms with Crippen LogP contribution < -0.4 is 0 Å². The summed E-state index contributed by atoms with van der Waals surface area (Å²) in [6, 6.07) is 0. The van der Waals surface area contributed by atoms with Gasteiger partial charge in [0.05, 0.1) is 0 Å². The van der Waals surface area contributed by atoms with Gasteiger partial charge in [-0.05, 0) is 0 Å². The zero-order valence-corrected chi connectivity index (χ0v) is 11.0. The van der Waals surface area contributed by atoms with Crippen LogP contribution in [0.5, 0.6) is 0 Å². The van der Waals surface area contributed by atoms with Gasteiger partial charge in [0.15, 0.2) is 0 Å². The molecule has 0 aromatic rings. The maximum atomic E-state index is 7.11. The first-order valence-corrected chi connectivity index (χ1v) is 16.2. The summed E-state index contributed by atoms with van der Waals surface area (Å²) in [7, 11) is -3.87. The second-order valence-electron chi connectivity index (χ2n) is 12.6. The fraction of sp³-hybridized carbons (Fsp3) is 1.00. The molecule has 0 aromatic carbocycles. The Labute approximate surface area is 82.1 Å². The molecular weight excluding hydrogens is 274 g/mol. The van der Waals surface area contributed by atoms with Gasteiger partial charge in [0.25, 0.3) is 0 Å². The first kappa shape index (κ1) is 5.48. The topological polar surface area (TPSA) is 0 Å². The Balaban J connectivity index is 2.12. The molecule has 0 radical (unpaired) electrons. The molecule has 0 bridgehead atoms. The summed E-state index contributed by atoms with van der Waals surface area (Å²) in [6.07, 6.45) is 0. The van der Waals surface area contributed by atoms with Crippen molar-refractivity contribution in [1.29, 1.82) is 0 Å². The molecule has 0 aliphatic carbocycles. The monoisotopic (exact) mass is 280 g/mol. The summed E-state index contributed by atoms with van der Waals surface area (Å²) in [5.41, 5.74) is 0. The Bertz CT molecular complexity index is 899. The molecule has 4 unspecified atom stereocenters. The molecule has 72 valence electrons. The van der Waals surface area contributed by atoms with Crippen LogP contribution in [0.2, 0.25) is 29.6 Å². The summed E-state index contributed by atoms with van der Waals surface area (Å²) in [4.78, 5) is 0. The van der Waals surface area contributed by atoms with Gasteiger partial charge in [-0.2, -0.15) is 0 Å². The molecule has 10 saturated heterocycles. The fourth-order valence-corrected chi connectivity index (χ4v) is 165. The average Bonchev–Trinajstić information content (AvgIpc) is 3.11. The van der Waals surface area contributed by atoms with Crippen LogP contribution in [0.3, 0.4) is 0 Å². The molecule has 10 aliphatic heterocycles. The Morgan fingerprint density at radius 2 is 1.07 bits per heavy atom. The summed E-state index contributed by atoms with van der Waals surface area (Å²) in [5.74, 6) is 0. The minimum absolute atomic E-state index is 0.0966. The van der Waals surface area contributed by atoms with Gasteiger partial charge < -0.3 is 0 Å². The van der Waals surface area contributed by atoms with Crippen molar-refractivity contribution in [3.05, 3.63) is 0 Å². The van der Waals surface area contributed by atoms with Crippen LogP contribution >= 0.6 is 34.8 Å². The zero-order valence-electron chi connectivity index (χ0n) is 7.18. The molecule has 0 aromatic heterocycles. The predicted octanol–water partition coefficient (Wildman–Crippen LogP) is 3.82. The molecule has 4 heteroatoms. The van der Waals surface area contributed by atoms with Crippen molar-refractivity contribution in [2.24, 2.45) is 0 Å². The molecule has 10 aliphatic rings. The normalized spacial score (nSPS) is 153. The number of alkyl halides is 3. The van der Waals surface area contributed by atoms with Crippen LogP contribution in [-0.2, 0) is 8.89 Å². The minimum atomic E-state index is -3.87. The Hall–Kier alpha value is 1.58. The van der Waals surface area contributed by atoms with Crippen LogP contribution in [0.4, 0.5) is 0 Å². The first-order chi connectivity index (χ1) is 6.33. The number of hydrogen-bond donors (Lipinski definition) is 0. The molecule has 0 saturated carbocycles. The van der Waals surface area contributed by atoms with Gasteiger partial charge in [0.1, 0.15) is 0 Å². The van der Waals surface area contributed by atoms with Crippen molar-refractivity contribution in [3.63, 3.8) is 0 Å². The number of hydrogen-bond acceptors (Lipinski definition) is 0. The van der Waals surface area contributed by atoms with Gasteiger partial charge in [0.2, 0.25) is 0 Å². The van der Waals surface area contributed by atoms with E-state index in [-0.39, 0.29) is 9.54 Å². The Morgan fingerprint density at radius 3 is 1.07 bits per heavy atom. The third-order valence-electron chi connectivity index (χ3n) is 19.9. The molecule has 0 N–H and O–H groups in total. The van der Waals surface area contributed by atoms with Gasteiger partial charge in [0, 0.05) is 0 Å².